The van der Waals surface area contributed by atoms with Crippen LogP contribution in [-0.2, 0) is 5.41 Å². The van der Waals surface area contributed by atoms with E-state index in [1.54, 1.807) is 13.2 Å². The van der Waals surface area contributed by atoms with Crippen molar-refractivity contribution < 1.29 is 4.74 Å². The number of aromatic amines is 1. The average molecular weight is 311 g/mol. The molecule has 2 fully saturated rings. The molecule has 0 atom stereocenters. The van der Waals surface area contributed by atoms with E-state index in [1.165, 1.54) is 18.4 Å². The molecule has 2 aliphatic rings. The van der Waals surface area contributed by atoms with E-state index in [9.17, 15) is 4.79 Å². The van der Waals surface area contributed by atoms with Gasteiger partial charge in [-0.1, -0.05) is 12.1 Å². The van der Waals surface area contributed by atoms with Crippen LogP contribution in [0.25, 0.3) is 0 Å². The molecular formula is C18H21N3O2. The zero-order chi connectivity index (χ0) is 15.9. The quantitative estimate of drug-likeness (QED) is 0.909. The van der Waals surface area contributed by atoms with Crippen molar-refractivity contribution in [3.63, 3.8) is 0 Å². The third kappa shape index (κ3) is 2.27. The molecule has 3 heterocycles. The van der Waals surface area contributed by atoms with Crippen molar-refractivity contribution in [3.8, 4) is 5.88 Å². The van der Waals surface area contributed by atoms with Crippen molar-refractivity contribution >= 4 is 0 Å². The van der Waals surface area contributed by atoms with Crippen molar-refractivity contribution in [2.24, 2.45) is 0 Å². The number of nitrogens with one attached hydrogen (secondary N) is 2. The number of hydrogen-bond acceptors (Lipinski definition) is 4. The lowest BCUT2D eigenvalue weighted by molar-refractivity contribution is 0.115. The predicted octanol–water partition coefficient (Wildman–Crippen LogP) is 1.98. The molecule has 1 aliphatic heterocycles. The molecule has 2 N–H and O–H groups in total. The molecule has 5 heteroatoms. The first-order chi connectivity index (χ1) is 11.2. The largest absolute Gasteiger partial charge is 0.481 e. The second-order valence-electron chi connectivity index (χ2n) is 6.78. The Hall–Kier alpha value is -2.14. The topological polar surface area (TPSA) is 67.0 Å². The highest BCUT2D eigenvalue weighted by molar-refractivity contribution is 5.44. The lowest BCUT2D eigenvalue weighted by Gasteiger charge is -2.55. The fraction of sp³-hybridized carbons (Fsp3) is 0.444. The van der Waals surface area contributed by atoms with E-state index in [0.29, 0.717) is 5.88 Å². The van der Waals surface area contributed by atoms with E-state index in [4.69, 9.17) is 4.74 Å². The van der Waals surface area contributed by atoms with Gasteiger partial charge in [0.05, 0.1) is 7.11 Å². The number of pyridine rings is 2. The Kier molecular flexibility index (Phi) is 3.27. The molecule has 2 aromatic rings. The summed E-state index contributed by atoms with van der Waals surface area (Å²) in [6.45, 7) is 1.10. The van der Waals surface area contributed by atoms with Crippen molar-refractivity contribution in [3.05, 3.63) is 58.1 Å². The van der Waals surface area contributed by atoms with E-state index in [1.807, 2.05) is 24.5 Å². The first kappa shape index (κ1) is 14.5. The van der Waals surface area contributed by atoms with Gasteiger partial charge >= 0.3 is 0 Å². The minimum Gasteiger partial charge on any atom is -0.481 e. The molecule has 0 bridgehead atoms. The fourth-order valence-corrected chi connectivity index (χ4v) is 4.34. The molecule has 2 aromatic heterocycles. The summed E-state index contributed by atoms with van der Waals surface area (Å²) < 4.78 is 5.18. The Morgan fingerprint density at radius 1 is 1.17 bits per heavy atom. The van der Waals surface area contributed by atoms with Crippen molar-refractivity contribution in [1.29, 1.82) is 0 Å². The van der Waals surface area contributed by atoms with E-state index >= 15 is 0 Å². The van der Waals surface area contributed by atoms with Crippen LogP contribution in [0, 0.1) is 0 Å². The smallest absolute Gasteiger partial charge is 0.247 e. The summed E-state index contributed by atoms with van der Waals surface area (Å²) in [6, 6.07) is 7.57. The van der Waals surface area contributed by atoms with E-state index < -0.39 is 0 Å². The van der Waals surface area contributed by atoms with Gasteiger partial charge in [-0.3, -0.25) is 4.79 Å². The van der Waals surface area contributed by atoms with E-state index in [0.717, 1.165) is 24.9 Å². The number of rotatable bonds is 3. The maximum Gasteiger partial charge on any atom is 0.247 e. The zero-order valence-corrected chi connectivity index (χ0v) is 13.3. The van der Waals surface area contributed by atoms with Gasteiger partial charge in [0.25, 0.3) is 0 Å². The Morgan fingerprint density at radius 3 is 2.57 bits per heavy atom. The van der Waals surface area contributed by atoms with E-state index in [2.05, 4.69) is 21.4 Å². The molecule has 0 amide bonds. The minimum atomic E-state index is -0.0825. The average Bonchev–Trinajstić information content (AvgIpc) is 3.03. The summed E-state index contributed by atoms with van der Waals surface area (Å²) in [4.78, 5) is 18.6. The van der Waals surface area contributed by atoms with Crippen molar-refractivity contribution in [2.45, 2.75) is 36.6 Å². The minimum absolute atomic E-state index is 0.0650. The van der Waals surface area contributed by atoms with Crippen molar-refractivity contribution in [1.82, 2.24) is 15.3 Å². The van der Waals surface area contributed by atoms with Gasteiger partial charge < -0.3 is 15.0 Å². The van der Waals surface area contributed by atoms with Gasteiger partial charge in [-0.05, 0) is 43.4 Å². The van der Waals surface area contributed by atoms with Gasteiger partial charge in [0, 0.05) is 35.5 Å². The van der Waals surface area contributed by atoms with Crippen LogP contribution in [0.15, 0.2) is 41.5 Å². The van der Waals surface area contributed by atoms with Crippen LogP contribution in [0.3, 0.4) is 0 Å². The second kappa shape index (κ2) is 5.20. The maximum atomic E-state index is 11.4. The molecule has 0 radical (unpaired) electrons. The molecule has 23 heavy (non-hydrogen) atoms. The summed E-state index contributed by atoms with van der Waals surface area (Å²) in [5, 5.41) is 3.68. The molecule has 4 rings (SSSR count). The fourth-order valence-electron chi connectivity index (χ4n) is 4.34. The monoisotopic (exact) mass is 311 g/mol. The van der Waals surface area contributed by atoms with Crippen molar-refractivity contribution in [2.75, 3.05) is 13.7 Å². The van der Waals surface area contributed by atoms with Gasteiger partial charge in [0.2, 0.25) is 11.4 Å². The van der Waals surface area contributed by atoms with Gasteiger partial charge in [-0.25, -0.2) is 4.98 Å². The zero-order valence-electron chi connectivity index (χ0n) is 13.3. The Bertz CT molecular complexity index is 732. The lowest BCUT2D eigenvalue weighted by Crippen LogP contribution is -2.60. The second-order valence-corrected chi connectivity index (χ2v) is 6.78. The number of ether oxygens (including phenoxy) is 1. The van der Waals surface area contributed by atoms with Gasteiger partial charge in [-0.15, -0.1) is 0 Å². The standard InChI is InChI=1S/C18H21N3O2/c1-23-16-6-4-14(10-20-16)18(13-3-5-15(22)19-9-13)11-17(12-18)7-2-8-21-17/h3-6,9-10,21H,2,7-8,11-12H2,1H3,(H,19,22). The molecule has 5 nitrogen and oxygen atoms in total. The molecule has 120 valence electrons. The number of hydrogen-bond donors (Lipinski definition) is 2. The SMILES string of the molecule is COc1ccc(C2(c3ccc(=O)[nH]c3)CC3(CCCN3)C2)cn1. The van der Waals surface area contributed by atoms with Crippen LogP contribution < -0.4 is 15.6 Å². The summed E-state index contributed by atoms with van der Waals surface area (Å²) in [5.41, 5.74) is 2.44. The summed E-state index contributed by atoms with van der Waals surface area (Å²) >= 11 is 0. The van der Waals surface area contributed by atoms with Crippen LogP contribution in [0.1, 0.15) is 36.8 Å². The highest BCUT2D eigenvalue weighted by Gasteiger charge is 2.57. The first-order valence-electron chi connectivity index (χ1n) is 8.11. The summed E-state index contributed by atoms with van der Waals surface area (Å²) in [5.74, 6) is 0.624. The Labute approximate surface area is 135 Å². The number of methoxy groups -OCH3 is 1. The van der Waals surface area contributed by atoms with Gasteiger partial charge in [-0.2, -0.15) is 0 Å². The predicted molar refractivity (Wildman–Crippen MR) is 87.8 cm³/mol. The molecule has 1 saturated carbocycles. The third-order valence-electron chi connectivity index (χ3n) is 5.45. The molecular weight excluding hydrogens is 290 g/mol. The molecule has 0 aromatic carbocycles. The number of H-pyrrole nitrogens is 1. The number of aromatic nitrogens is 2. The van der Waals surface area contributed by atoms with Crippen LogP contribution in [0.4, 0.5) is 0 Å². The first-order valence-corrected chi connectivity index (χ1v) is 8.11. The van der Waals surface area contributed by atoms with E-state index in [-0.39, 0.29) is 16.5 Å². The lowest BCUT2D eigenvalue weighted by atomic mass is 9.52. The van der Waals surface area contributed by atoms with Gasteiger partial charge in [0.15, 0.2) is 0 Å². The van der Waals surface area contributed by atoms with Crippen LogP contribution in [0.2, 0.25) is 0 Å². The molecule has 0 unspecified atom stereocenters. The Balaban J connectivity index is 1.75. The normalized spacial score (nSPS) is 29.4. The molecule has 1 spiro atoms. The molecule has 1 saturated heterocycles. The number of nitrogens with zero attached hydrogens (tertiary/aromatic N) is 1. The Morgan fingerprint density at radius 2 is 2.00 bits per heavy atom. The van der Waals surface area contributed by atoms with Crippen LogP contribution in [-0.4, -0.2) is 29.2 Å². The van der Waals surface area contributed by atoms with Gasteiger partial charge in [0.1, 0.15) is 0 Å². The van der Waals surface area contributed by atoms with Crippen LogP contribution in [0.5, 0.6) is 5.88 Å². The highest BCUT2D eigenvalue weighted by atomic mass is 16.5. The summed E-state index contributed by atoms with van der Waals surface area (Å²) in [6.07, 6.45) is 8.31. The van der Waals surface area contributed by atoms with Crippen LogP contribution >= 0.6 is 0 Å². The third-order valence-corrected chi connectivity index (χ3v) is 5.45. The summed E-state index contributed by atoms with van der Waals surface area (Å²) in [7, 11) is 1.63. The maximum absolute atomic E-state index is 11.4. The highest BCUT2D eigenvalue weighted by Crippen LogP contribution is 2.56. The molecule has 1 aliphatic carbocycles.